The van der Waals surface area contributed by atoms with Crippen molar-refractivity contribution in [3.05, 3.63) is 19.2 Å². The number of hydrogen-bond acceptors (Lipinski definition) is 1. The van der Waals surface area contributed by atoms with Gasteiger partial charge in [0.15, 0.2) is 0 Å². The summed E-state index contributed by atoms with van der Waals surface area (Å²) in [7, 11) is 1.87. The van der Waals surface area contributed by atoms with Crippen LogP contribution in [0.1, 0.15) is 6.42 Å². The molecule has 0 saturated carbocycles. The van der Waals surface area contributed by atoms with Gasteiger partial charge in [0.25, 0.3) is 0 Å². The molecule has 1 N–H and O–H groups in total. The summed E-state index contributed by atoms with van der Waals surface area (Å²) in [6.45, 7) is 3.60. The van der Waals surface area contributed by atoms with Crippen molar-refractivity contribution < 1.29 is 0 Å². The standard InChI is InChI=1S/C5H10N/c1-3-4-5-6-2/h4-6H,1,3H2,2H3/b5-4+. The second-order valence-electron chi connectivity index (χ2n) is 0.980. The van der Waals surface area contributed by atoms with E-state index in [4.69, 9.17) is 0 Å². The molecule has 0 rings (SSSR count). The van der Waals surface area contributed by atoms with Crippen LogP contribution in [0, 0.1) is 6.92 Å². The van der Waals surface area contributed by atoms with E-state index in [0.29, 0.717) is 0 Å². The minimum atomic E-state index is 0.862. The van der Waals surface area contributed by atoms with Crippen molar-refractivity contribution in [2.75, 3.05) is 7.05 Å². The third-order valence-corrected chi connectivity index (χ3v) is 0.451. The Hall–Kier alpha value is -0.460. The van der Waals surface area contributed by atoms with Crippen molar-refractivity contribution >= 4 is 0 Å². The average Bonchev–Trinajstić information content (AvgIpc) is 1.61. The Kier molecular flexibility index (Phi) is 4.19. The molecule has 0 atom stereocenters. The minimum absolute atomic E-state index is 0.862. The lowest BCUT2D eigenvalue weighted by Gasteiger charge is -1.79. The molecule has 0 fully saturated rings. The molecule has 0 aromatic carbocycles. The summed E-state index contributed by atoms with van der Waals surface area (Å²) in [6, 6.07) is 0. The summed E-state index contributed by atoms with van der Waals surface area (Å²) in [5.74, 6) is 0. The topological polar surface area (TPSA) is 12.0 Å². The highest BCUT2D eigenvalue weighted by Crippen LogP contribution is 1.71. The first-order valence-corrected chi connectivity index (χ1v) is 2.03. The van der Waals surface area contributed by atoms with Crippen LogP contribution in [0.15, 0.2) is 12.3 Å². The predicted molar refractivity (Wildman–Crippen MR) is 28.2 cm³/mol. The van der Waals surface area contributed by atoms with Crippen LogP contribution in [0.5, 0.6) is 0 Å². The molecule has 0 unspecified atom stereocenters. The molecule has 35 valence electrons. The van der Waals surface area contributed by atoms with Crippen LogP contribution in [0.2, 0.25) is 0 Å². The Bertz CT molecular complexity index is 33.2. The van der Waals surface area contributed by atoms with Crippen LogP contribution >= 0.6 is 0 Å². The van der Waals surface area contributed by atoms with Crippen LogP contribution in [0.3, 0.4) is 0 Å². The van der Waals surface area contributed by atoms with Gasteiger partial charge in [0.2, 0.25) is 0 Å². The van der Waals surface area contributed by atoms with Crippen LogP contribution in [-0.2, 0) is 0 Å². The molecule has 0 bridgehead atoms. The third kappa shape index (κ3) is 3.54. The molecule has 0 spiro atoms. The molecule has 6 heavy (non-hydrogen) atoms. The van der Waals surface area contributed by atoms with Gasteiger partial charge in [-0.3, -0.25) is 0 Å². The SMILES string of the molecule is [CH2]C/C=C/NC. The van der Waals surface area contributed by atoms with E-state index in [1.165, 1.54) is 0 Å². The van der Waals surface area contributed by atoms with Crippen molar-refractivity contribution in [1.29, 1.82) is 0 Å². The maximum Gasteiger partial charge on any atom is 0.00276 e. The molecule has 1 heteroatoms. The normalized spacial score (nSPS) is 9.67. The van der Waals surface area contributed by atoms with E-state index in [0.717, 1.165) is 6.42 Å². The highest BCUT2D eigenvalue weighted by molar-refractivity contribution is 4.77. The van der Waals surface area contributed by atoms with Gasteiger partial charge in [-0.25, -0.2) is 0 Å². The van der Waals surface area contributed by atoms with E-state index < -0.39 is 0 Å². The molecule has 0 aliphatic heterocycles. The van der Waals surface area contributed by atoms with E-state index in [-0.39, 0.29) is 0 Å². The molecule has 0 heterocycles. The number of allylic oxidation sites excluding steroid dienone is 1. The summed E-state index contributed by atoms with van der Waals surface area (Å²) >= 11 is 0. The summed E-state index contributed by atoms with van der Waals surface area (Å²) in [4.78, 5) is 0. The Labute approximate surface area is 39.1 Å². The lowest BCUT2D eigenvalue weighted by atomic mass is 10.5. The lowest BCUT2D eigenvalue weighted by Crippen LogP contribution is -1.89. The van der Waals surface area contributed by atoms with Gasteiger partial charge in [-0.2, -0.15) is 0 Å². The Morgan fingerprint density at radius 1 is 1.83 bits per heavy atom. The Morgan fingerprint density at radius 2 is 2.50 bits per heavy atom. The zero-order valence-corrected chi connectivity index (χ0v) is 4.07. The van der Waals surface area contributed by atoms with Crippen LogP contribution in [-0.4, -0.2) is 7.05 Å². The van der Waals surface area contributed by atoms with Crippen LogP contribution in [0.25, 0.3) is 0 Å². The molecule has 0 saturated heterocycles. The highest BCUT2D eigenvalue weighted by atomic mass is 14.8. The summed E-state index contributed by atoms with van der Waals surface area (Å²) in [5, 5.41) is 2.85. The fraction of sp³-hybridized carbons (Fsp3) is 0.400. The summed E-state index contributed by atoms with van der Waals surface area (Å²) < 4.78 is 0. The number of rotatable bonds is 2. The Morgan fingerprint density at radius 3 is 2.67 bits per heavy atom. The van der Waals surface area contributed by atoms with Gasteiger partial charge >= 0.3 is 0 Å². The van der Waals surface area contributed by atoms with Gasteiger partial charge in [0.05, 0.1) is 0 Å². The van der Waals surface area contributed by atoms with Gasteiger partial charge in [-0.15, -0.1) is 0 Å². The number of nitrogens with one attached hydrogen (secondary N) is 1. The average molecular weight is 84.1 g/mol. The van der Waals surface area contributed by atoms with Crippen LogP contribution in [0.4, 0.5) is 0 Å². The summed E-state index contributed by atoms with van der Waals surface area (Å²) in [5.41, 5.74) is 0. The van der Waals surface area contributed by atoms with Crippen molar-refractivity contribution in [3.63, 3.8) is 0 Å². The van der Waals surface area contributed by atoms with Crippen molar-refractivity contribution in [1.82, 2.24) is 5.32 Å². The van der Waals surface area contributed by atoms with E-state index in [1.807, 2.05) is 19.3 Å². The van der Waals surface area contributed by atoms with Gasteiger partial charge in [0, 0.05) is 7.05 Å². The van der Waals surface area contributed by atoms with Gasteiger partial charge in [-0.1, -0.05) is 6.08 Å². The zero-order valence-electron chi connectivity index (χ0n) is 4.07. The van der Waals surface area contributed by atoms with Gasteiger partial charge in [-0.05, 0) is 19.5 Å². The molecule has 0 amide bonds. The number of hydrogen-bond donors (Lipinski definition) is 1. The molecular weight excluding hydrogens is 74.1 g/mol. The second kappa shape index (κ2) is 4.54. The molecule has 1 nitrogen and oxygen atoms in total. The lowest BCUT2D eigenvalue weighted by molar-refractivity contribution is 1.09. The smallest absolute Gasteiger partial charge is 0.00276 e. The van der Waals surface area contributed by atoms with E-state index in [2.05, 4.69) is 12.2 Å². The summed E-state index contributed by atoms with van der Waals surface area (Å²) in [6.07, 6.45) is 4.69. The molecule has 0 aliphatic rings. The predicted octanol–water partition coefficient (Wildman–Crippen LogP) is 0.944. The first-order valence-electron chi connectivity index (χ1n) is 2.03. The fourth-order valence-electron chi connectivity index (χ4n) is 0.201. The molecule has 1 radical (unpaired) electrons. The van der Waals surface area contributed by atoms with E-state index in [1.54, 1.807) is 0 Å². The fourth-order valence-corrected chi connectivity index (χ4v) is 0.201. The minimum Gasteiger partial charge on any atom is -0.394 e. The zero-order chi connectivity index (χ0) is 4.83. The second-order valence-corrected chi connectivity index (χ2v) is 0.980. The quantitative estimate of drug-likeness (QED) is 0.525. The van der Waals surface area contributed by atoms with Crippen LogP contribution < -0.4 is 5.32 Å². The van der Waals surface area contributed by atoms with E-state index >= 15 is 0 Å². The van der Waals surface area contributed by atoms with Gasteiger partial charge in [0.1, 0.15) is 0 Å². The molecule has 0 aromatic heterocycles. The molecular formula is C5H10N. The monoisotopic (exact) mass is 84.1 g/mol. The first-order chi connectivity index (χ1) is 2.91. The maximum atomic E-state index is 3.60. The molecule has 0 aromatic rings. The maximum absolute atomic E-state index is 3.60. The van der Waals surface area contributed by atoms with Gasteiger partial charge < -0.3 is 5.32 Å². The van der Waals surface area contributed by atoms with E-state index in [9.17, 15) is 0 Å². The molecule has 0 aliphatic carbocycles. The van der Waals surface area contributed by atoms with Crippen molar-refractivity contribution in [2.45, 2.75) is 6.42 Å². The first kappa shape index (κ1) is 5.54. The Balaban J connectivity index is 2.73. The van der Waals surface area contributed by atoms with Crippen molar-refractivity contribution in [3.8, 4) is 0 Å². The highest BCUT2D eigenvalue weighted by Gasteiger charge is 1.57. The largest absolute Gasteiger partial charge is 0.394 e. The third-order valence-electron chi connectivity index (χ3n) is 0.451. The van der Waals surface area contributed by atoms with Crippen molar-refractivity contribution in [2.24, 2.45) is 0 Å².